The zero-order valence-corrected chi connectivity index (χ0v) is 9.98. The van der Waals surface area contributed by atoms with Crippen molar-refractivity contribution in [1.29, 1.82) is 0 Å². The highest BCUT2D eigenvalue weighted by Gasteiger charge is 2.18. The highest BCUT2D eigenvalue weighted by molar-refractivity contribution is 5.34. The second-order valence-corrected chi connectivity index (χ2v) is 4.17. The minimum Gasteiger partial charge on any atom is -0.381 e. The molecule has 2 heterocycles. The fraction of sp³-hybridized carbons (Fsp3) is 0.636. The van der Waals surface area contributed by atoms with Crippen LogP contribution in [0.1, 0.15) is 17.9 Å². The molecule has 0 radical (unpaired) electrons. The van der Waals surface area contributed by atoms with Gasteiger partial charge in [-0.3, -0.25) is 0 Å². The first-order valence-corrected chi connectivity index (χ1v) is 5.72. The van der Waals surface area contributed by atoms with Gasteiger partial charge in [0.15, 0.2) is 0 Å². The SMILES string of the molecule is COCc1cc(NN)nc(CC2CCOC2)n1. The Balaban J connectivity index is 2.10. The van der Waals surface area contributed by atoms with Crippen LogP contribution in [0.3, 0.4) is 0 Å². The molecule has 2 rings (SSSR count). The molecular weight excluding hydrogens is 220 g/mol. The Morgan fingerprint density at radius 3 is 3.12 bits per heavy atom. The standard InChI is InChI=1S/C11H18N4O2/c1-16-7-9-5-11(15-12)14-10(13-9)4-8-2-3-17-6-8/h5,8H,2-4,6-7,12H2,1H3,(H,13,14,15). The van der Waals surface area contributed by atoms with E-state index in [-0.39, 0.29) is 0 Å². The molecule has 1 aliphatic heterocycles. The van der Waals surface area contributed by atoms with E-state index in [1.807, 2.05) is 0 Å². The second kappa shape index (κ2) is 5.90. The second-order valence-electron chi connectivity index (χ2n) is 4.17. The number of hydrogen-bond donors (Lipinski definition) is 2. The van der Waals surface area contributed by atoms with Gasteiger partial charge >= 0.3 is 0 Å². The summed E-state index contributed by atoms with van der Waals surface area (Å²) in [5.41, 5.74) is 3.39. The van der Waals surface area contributed by atoms with Crippen LogP contribution >= 0.6 is 0 Å². The molecule has 0 saturated carbocycles. The summed E-state index contributed by atoms with van der Waals surface area (Å²) in [5, 5.41) is 0. The monoisotopic (exact) mass is 238 g/mol. The average Bonchev–Trinajstić information content (AvgIpc) is 2.82. The maximum atomic E-state index is 5.39. The van der Waals surface area contributed by atoms with Crippen molar-refractivity contribution in [2.45, 2.75) is 19.4 Å². The fourth-order valence-corrected chi connectivity index (χ4v) is 1.94. The van der Waals surface area contributed by atoms with Crippen molar-refractivity contribution >= 4 is 5.82 Å². The maximum absolute atomic E-state index is 5.39. The summed E-state index contributed by atoms with van der Waals surface area (Å²) in [6.45, 7) is 2.10. The lowest BCUT2D eigenvalue weighted by molar-refractivity contribution is 0.180. The van der Waals surface area contributed by atoms with Crippen LogP contribution in [0.15, 0.2) is 6.07 Å². The quantitative estimate of drug-likeness (QED) is 0.574. The molecule has 1 saturated heterocycles. The van der Waals surface area contributed by atoms with Crippen molar-refractivity contribution in [2.75, 3.05) is 25.7 Å². The van der Waals surface area contributed by atoms with Gasteiger partial charge in [0.2, 0.25) is 0 Å². The van der Waals surface area contributed by atoms with Crippen LogP contribution in [0.25, 0.3) is 0 Å². The zero-order chi connectivity index (χ0) is 12.1. The number of anilines is 1. The summed E-state index contributed by atoms with van der Waals surface area (Å²) in [5.74, 6) is 7.32. The molecule has 6 nitrogen and oxygen atoms in total. The summed E-state index contributed by atoms with van der Waals surface area (Å²) in [4.78, 5) is 8.79. The van der Waals surface area contributed by atoms with Crippen LogP contribution in [0.4, 0.5) is 5.82 Å². The third-order valence-corrected chi connectivity index (χ3v) is 2.76. The van der Waals surface area contributed by atoms with E-state index < -0.39 is 0 Å². The van der Waals surface area contributed by atoms with Gasteiger partial charge < -0.3 is 14.9 Å². The molecule has 6 heteroatoms. The largest absolute Gasteiger partial charge is 0.381 e. The van der Waals surface area contributed by atoms with Crippen molar-refractivity contribution in [3.63, 3.8) is 0 Å². The summed E-state index contributed by atoms with van der Waals surface area (Å²) in [6.07, 6.45) is 1.90. The molecule has 0 aliphatic carbocycles. The van der Waals surface area contributed by atoms with E-state index >= 15 is 0 Å². The van der Waals surface area contributed by atoms with Crippen LogP contribution < -0.4 is 11.3 Å². The highest BCUT2D eigenvalue weighted by Crippen LogP contribution is 2.17. The van der Waals surface area contributed by atoms with Crippen molar-refractivity contribution < 1.29 is 9.47 Å². The molecule has 1 unspecified atom stereocenters. The number of ether oxygens (including phenoxy) is 2. The Labute approximate surface area is 101 Å². The smallest absolute Gasteiger partial charge is 0.144 e. The molecule has 0 amide bonds. The summed E-state index contributed by atoms with van der Waals surface area (Å²) in [6, 6.07) is 1.79. The average molecular weight is 238 g/mol. The van der Waals surface area contributed by atoms with Gasteiger partial charge in [-0.2, -0.15) is 0 Å². The van der Waals surface area contributed by atoms with Crippen LogP contribution in [0.5, 0.6) is 0 Å². The molecule has 0 bridgehead atoms. The number of nitrogens with two attached hydrogens (primary N) is 1. The van der Waals surface area contributed by atoms with Crippen LogP contribution in [-0.2, 0) is 22.5 Å². The zero-order valence-electron chi connectivity index (χ0n) is 9.98. The number of methoxy groups -OCH3 is 1. The molecule has 1 aromatic heterocycles. The van der Waals surface area contributed by atoms with Gasteiger partial charge in [-0.15, -0.1) is 0 Å². The van der Waals surface area contributed by atoms with E-state index in [1.54, 1.807) is 13.2 Å². The molecule has 1 atom stereocenters. The number of nitrogen functional groups attached to an aromatic ring is 1. The molecule has 0 aromatic carbocycles. The van der Waals surface area contributed by atoms with E-state index in [1.165, 1.54) is 0 Å². The molecule has 1 aliphatic rings. The van der Waals surface area contributed by atoms with E-state index in [4.69, 9.17) is 15.3 Å². The molecular formula is C11H18N4O2. The predicted molar refractivity (Wildman–Crippen MR) is 63.2 cm³/mol. The third-order valence-electron chi connectivity index (χ3n) is 2.76. The van der Waals surface area contributed by atoms with E-state index in [2.05, 4.69) is 15.4 Å². The lowest BCUT2D eigenvalue weighted by Crippen LogP contribution is -2.14. The number of hydrogen-bond acceptors (Lipinski definition) is 6. The molecule has 17 heavy (non-hydrogen) atoms. The van der Waals surface area contributed by atoms with Crippen LogP contribution in [0.2, 0.25) is 0 Å². The van der Waals surface area contributed by atoms with Gasteiger partial charge in [0.25, 0.3) is 0 Å². The maximum Gasteiger partial charge on any atom is 0.144 e. The Morgan fingerprint density at radius 2 is 2.47 bits per heavy atom. The topological polar surface area (TPSA) is 82.3 Å². The lowest BCUT2D eigenvalue weighted by atomic mass is 10.0. The third kappa shape index (κ3) is 3.36. The molecule has 0 spiro atoms. The normalized spacial score (nSPS) is 19.5. The van der Waals surface area contributed by atoms with Crippen molar-refractivity contribution in [3.8, 4) is 0 Å². The van der Waals surface area contributed by atoms with Gasteiger partial charge in [-0.25, -0.2) is 15.8 Å². The van der Waals surface area contributed by atoms with Crippen LogP contribution in [0, 0.1) is 5.92 Å². The van der Waals surface area contributed by atoms with E-state index in [0.717, 1.165) is 37.6 Å². The number of nitrogens with one attached hydrogen (secondary N) is 1. The highest BCUT2D eigenvalue weighted by atomic mass is 16.5. The Kier molecular flexibility index (Phi) is 4.24. The molecule has 94 valence electrons. The van der Waals surface area contributed by atoms with Gasteiger partial charge in [-0.1, -0.05) is 0 Å². The first-order chi connectivity index (χ1) is 8.31. The lowest BCUT2D eigenvalue weighted by Gasteiger charge is -2.09. The first-order valence-electron chi connectivity index (χ1n) is 5.72. The molecule has 1 fully saturated rings. The van der Waals surface area contributed by atoms with E-state index in [0.29, 0.717) is 18.3 Å². The number of aromatic nitrogens is 2. The minimum absolute atomic E-state index is 0.464. The first kappa shape index (κ1) is 12.2. The fourth-order valence-electron chi connectivity index (χ4n) is 1.94. The van der Waals surface area contributed by atoms with Crippen molar-refractivity contribution in [1.82, 2.24) is 9.97 Å². The number of rotatable bonds is 5. The van der Waals surface area contributed by atoms with Crippen molar-refractivity contribution in [3.05, 3.63) is 17.6 Å². The van der Waals surface area contributed by atoms with Gasteiger partial charge in [0.1, 0.15) is 11.6 Å². The minimum atomic E-state index is 0.464. The Morgan fingerprint density at radius 1 is 1.59 bits per heavy atom. The van der Waals surface area contributed by atoms with Crippen LogP contribution in [-0.4, -0.2) is 30.3 Å². The summed E-state index contributed by atoms with van der Waals surface area (Å²) >= 11 is 0. The molecule has 3 N–H and O–H groups in total. The van der Waals surface area contributed by atoms with Gasteiger partial charge in [0.05, 0.1) is 12.3 Å². The van der Waals surface area contributed by atoms with Gasteiger partial charge in [-0.05, 0) is 12.3 Å². The molecule has 1 aromatic rings. The Hall–Kier alpha value is -1.24. The van der Waals surface area contributed by atoms with E-state index in [9.17, 15) is 0 Å². The number of hydrazine groups is 1. The number of nitrogens with zero attached hydrogens (tertiary/aromatic N) is 2. The van der Waals surface area contributed by atoms with Gasteiger partial charge in [0, 0.05) is 32.8 Å². The summed E-state index contributed by atoms with van der Waals surface area (Å²) < 4.78 is 10.4. The predicted octanol–water partition coefficient (Wildman–Crippen LogP) is 0.488. The Bertz CT molecular complexity index is 366. The summed E-state index contributed by atoms with van der Waals surface area (Å²) in [7, 11) is 1.64. The van der Waals surface area contributed by atoms with Crippen molar-refractivity contribution in [2.24, 2.45) is 11.8 Å².